The van der Waals surface area contributed by atoms with Crippen molar-refractivity contribution in [1.82, 2.24) is 4.90 Å². The minimum absolute atomic E-state index is 0.409. The van der Waals surface area contributed by atoms with Gasteiger partial charge in [0.1, 0.15) is 0 Å². The molecular formula is C17H25N. The zero-order valence-electron chi connectivity index (χ0n) is 11.7. The molecule has 0 aliphatic heterocycles. The Morgan fingerprint density at radius 2 is 1.94 bits per heavy atom. The lowest BCUT2D eigenvalue weighted by Crippen LogP contribution is -2.17. The van der Waals surface area contributed by atoms with Crippen LogP contribution >= 0.6 is 0 Å². The first-order chi connectivity index (χ1) is 8.83. The molecular weight excluding hydrogens is 218 g/mol. The molecule has 1 nitrogen and oxygen atoms in total. The average molecular weight is 243 g/mol. The van der Waals surface area contributed by atoms with Gasteiger partial charge in [0.2, 0.25) is 0 Å². The summed E-state index contributed by atoms with van der Waals surface area (Å²) in [5, 5.41) is 0. The van der Waals surface area contributed by atoms with Crippen molar-refractivity contribution in [2.45, 2.75) is 45.6 Å². The number of hydrogen-bond acceptors (Lipinski definition) is 1. The first kappa shape index (κ1) is 14.6. The maximum atomic E-state index is 3.94. The third-order valence-corrected chi connectivity index (χ3v) is 3.10. The highest BCUT2D eigenvalue weighted by molar-refractivity contribution is 5.20. The van der Waals surface area contributed by atoms with E-state index in [9.17, 15) is 0 Å². The molecule has 0 N–H and O–H groups in total. The molecule has 1 heteroatoms. The van der Waals surface area contributed by atoms with Crippen LogP contribution in [0.2, 0.25) is 0 Å². The summed E-state index contributed by atoms with van der Waals surface area (Å²) in [4.78, 5) is 2.23. The van der Waals surface area contributed by atoms with Gasteiger partial charge in [-0.15, -0.1) is 0 Å². The van der Waals surface area contributed by atoms with Gasteiger partial charge in [0.15, 0.2) is 0 Å². The fourth-order valence-corrected chi connectivity index (χ4v) is 2.08. The van der Waals surface area contributed by atoms with Gasteiger partial charge in [0, 0.05) is 6.20 Å². The van der Waals surface area contributed by atoms with Crippen molar-refractivity contribution in [2.24, 2.45) is 0 Å². The molecule has 0 aliphatic rings. The standard InChI is InChI=1S/C17H25N/c1-4-7-14-17(16-12-10-9-11-13-16)18(6-3)15-8-5-2/h6,8-13,15,17H,3-5,7,14H2,1-2H3/b15-8-. The Morgan fingerprint density at radius 3 is 2.50 bits per heavy atom. The van der Waals surface area contributed by atoms with Crippen molar-refractivity contribution >= 4 is 0 Å². The molecule has 0 fully saturated rings. The molecule has 0 radical (unpaired) electrons. The predicted octanol–water partition coefficient (Wildman–Crippen LogP) is 5.29. The van der Waals surface area contributed by atoms with E-state index < -0.39 is 0 Å². The zero-order valence-corrected chi connectivity index (χ0v) is 11.7. The maximum absolute atomic E-state index is 3.94. The van der Waals surface area contributed by atoms with Crippen LogP contribution in [0.15, 0.2) is 55.4 Å². The minimum atomic E-state index is 0.409. The summed E-state index contributed by atoms with van der Waals surface area (Å²) < 4.78 is 0. The molecule has 0 saturated heterocycles. The first-order valence-corrected chi connectivity index (χ1v) is 6.95. The molecule has 0 aliphatic carbocycles. The lowest BCUT2D eigenvalue weighted by molar-refractivity contribution is 0.345. The molecule has 1 atom stereocenters. The van der Waals surface area contributed by atoms with Crippen LogP contribution in [0.25, 0.3) is 0 Å². The Morgan fingerprint density at radius 1 is 1.22 bits per heavy atom. The second-order valence-electron chi connectivity index (χ2n) is 4.49. The van der Waals surface area contributed by atoms with Gasteiger partial charge in [0.05, 0.1) is 6.04 Å². The third-order valence-electron chi connectivity index (χ3n) is 3.10. The Labute approximate surface area is 112 Å². The van der Waals surface area contributed by atoms with Gasteiger partial charge < -0.3 is 4.90 Å². The van der Waals surface area contributed by atoms with Gasteiger partial charge in [-0.05, 0) is 24.6 Å². The van der Waals surface area contributed by atoms with Crippen LogP contribution in [0.1, 0.15) is 51.1 Å². The predicted molar refractivity (Wildman–Crippen MR) is 80.2 cm³/mol. The number of unbranched alkanes of at least 4 members (excludes halogenated alkanes) is 1. The Bertz CT molecular complexity index is 353. The summed E-state index contributed by atoms with van der Waals surface area (Å²) in [6.07, 6.45) is 11.0. The van der Waals surface area contributed by atoms with E-state index in [4.69, 9.17) is 0 Å². The second kappa shape index (κ2) is 8.57. The summed E-state index contributed by atoms with van der Waals surface area (Å²) in [5.41, 5.74) is 1.37. The Balaban J connectivity index is 2.88. The second-order valence-corrected chi connectivity index (χ2v) is 4.49. The molecule has 1 aromatic carbocycles. The molecule has 1 unspecified atom stereocenters. The zero-order chi connectivity index (χ0) is 13.2. The van der Waals surface area contributed by atoms with Crippen LogP contribution in [-0.2, 0) is 0 Å². The summed E-state index contributed by atoms with van der Waals surface area (Å²) in [6, 6.07) is 11.1. The van der Waals surface area contributed by atoms with Gasteiger partial charge in [-0.2, -0.15) is 0 Å². The van der Waals surface area contributed by atoms with E-state index in [1.54, 1.807) is 0 Å². The van der Waals surface area contributed by atoms with Gasteiger partial charge >= 0.3 is 0 Å². The monoisotopic (exact) mass is 243 g/mol. The van der Waals surface area contributed by atoms with Crippen molar-refractivity contribution < 1.29 is 0 Å². The molecule has 1 aromatic rings. The highest BCUT2D eigenvalue weighted by Crippen LogP contribution is 2.26. The molecule has 0 saturated carbocycles. The molecule has 98 valence electrons. The first-order valence-electron chi connectivity index (χ1n) is 6.95. The lowest BCUT2D eigenvalue weighted by Gasteiger charge is -2.28. The van der Waals surface area contributed by atoms with Crippen molar-refractivity contribution in [3.63, 3.8) is 0 Å². The van der Waals surface area contributed by atoms with Crippen LogP contribution in [0.3, 0.4) is 0 Å². The van der Waals surface area contributed by atoms with E-state index in [1.807, 2.05) is 6.20 Å². The smallest absolute Gasteiger partial charge is 0.0579 e. The molecule has 1 rings (SSSR count). The van der Waals surface area contributed by atoms with E-state index in [0.717, 1.165) is 6.42 Å². The van der Waals surface area contributed by atoms with Gasteiger partial charge in [-0.25, -0.2) is 0 Å². The summed E-state index contributed by atoms with van der Waals surface area (Å²) in [6.45, 7) is 8.34. The molecule has 0 bridgehead atoms. The van der Waals surface area contributed by atoms with Crippen molar-refractivity contribution in [3.05, 3.63) is 61.0 Å². The van der Waals surface area contributed by atoms with Crippen molar-refractivity contribution in [2.75, 3.05) is 0 Å². The van der Waals surface area contributed by atoms with E-state index in [-0.39, 0.29) is 0 Å². The van der Waals surface area contributed by atoms with Crippen LogP contribution in [-0.4, -0.2) is 4.90 Å². The molecule has 0 aromatic heterocycles. The summed E-state index contributed by atoms with van der Waals surface area (Å²) >= 11 is 0. The summed E-state index contributed by atoms with van der Waals surface area (Å²) in [5.74, 6) is 0. The summed E-state index contributed by atoms with van der Waals surface area (Å²) in [7, 11) is 0. The van der Waals surface area contributed by atoms with Crippen molar-refractivity contribution in [3.8, 4) is 0 Å². The van der Waals surface area contributed by atoms with E-state index in [0.29, 0.717) is 6.04 Å². The lowest BCUT2D eigenvalue weighted by atomic mass is 10.00. The number of rotatable bonds is 8. The van der Waals surface area contributed by atoms with Gasteiger partial charge in [-0.1, -0.05) is 69.7 Å². The van der Waals surface area contributed by atoms with E-state index in [2.05, 4.69) is 67.9 Å². The van der Waals surface area contributed by atoms with Gasteiger partial charge in [0.25, 0.3) is 0 Å². The average Bonchev–Trinajstić information content (AvgIpc) is 2.43. The molecule has 0 spiro atoms. The van der Waals surface area contributed by atoms with Crippen LogP contribution in [0.5, 0.6) is 0 Å². The van der Waals surface area contributed by atoms with E-state index >= 15 is 0 Å². The number of allylic oxidation sites excluding steroid dienone is 1. The molecule has 18 heavy (non-hydrogen) atoms. The largest absolute Gasteiger partial charge is 0.348 e. The Hall–Kier alpha value is -1.50. The Kier molecular flexibility index (Phi) is 6.93. The normalized spacial score (nSPS) is 12.6. The van der Waals surface area contributed by atoms with Crippen LogP contribution in [0, 0.1) is 0 Å². The quantitative estimate of drug-likeness (QED) is 0.600. The topological polar surface area (TPSA) is 3.24 Å². The van der Waals surface area contributed by atoms with Gasteiger partial charge in [-0.3, -0.25) is 0 Å². The van der Waals surface area contributed by atoms with E-state index in [1.165, 1.54) is 24.8 Å². The van der Waals surface area contributed by atoms with Crippen LogP contribution in [0.4, 0.5) is 0 Å². The fourth-order valence-electron chi connectivity index (χ4n) is 2.08. The maximum Gasteiger partial charge on any atom is 0.0579 e. The SMILES string of the molecule is C=CN(/C=C\CC)C(CCCC)c1ccccc1. The molecule has 0 amide bonds. The fraction of sp³-hybridized carbons (Fsp3) is 0.412. The van der Waals surface area contributed by atoms with Crippen LogP contribution < -0.4 is 0 Å². The highest BCUT2D eigenvalue weighted by atomic mass is 15.1. The minimum Gasteiger partial charge on any atom is -0.348 e. The number of nitrogens with zero attached hydrogens (tertiary/aromatic N) is 1. The molecule has 0 heterocycles. The third kappa shape index (κ3) is 4.40. The number of hydrogen-bond donors (Lipinski definition) is 0. The van der Waals surface area contributed by atoms with Crippen molar-refractivity contribution in [1.29, 1.82) is 0 Å². The number of benzene rings is 1. The highest BCUT2D eigenvalue weighted by Gasteiger charge is 2.14.